The van der Waals surface area contributed by atoms with Crippen LogP contribution in [0.4, 0.5) is 0 Å². The van der Waals surface area contributed by atoms with Crippen LogP contribution in [0.5, 0.6) is 0 Å². The molecule has 1 amide bonds. The fourth-order valence-corrected chi connectivity index (χ4v) is 1.70. The molecule has 2 N–H and O–H groups in total. The van der Waals surface area contributed by atoms with Crippen molar-refractivity contribution in [2.24, 2.45) is 11.7 Å². The zero-order valence-corrected chi connectivity index (χ0v) is 11.2. The molecule has 0 aliphatic carbocycles. The number of hydrogen-bond donors (Lipinski definition) is 1. The van der Waals surface area contributed by atoms with Crippen LogP contribution in [-0.4, -0.2) is 23.4 Å². The molecule has 0 radical (unpaired) electrons. The maximum Gasteiger partial charge on any atom is 0.227 e. The van der Waals surface area contributed by atoms with Gasteiger partial charge in [0.25, 0.3) is 0 Å². The van der Waals surface area contributed by atoms with E-state index in [1.807, 2.05) is 44.2 Å². The highest BCUT2D eigenvalue weighted by Gasteiger charge is 2.22. The number of amides is 1. The first-order valence-electron chi connectivity index (χ1n) is 6.25. The van der Waals surface area contributed by atoms with Gasteiger partial charge in [-0.25, -0.2) is 0 Å². The van der Waals surface area contributed by atoms with Gasteiger partial charge in [-0.2, -0.15) is 0 Å². The van der Waals surface area contributed by atoms with Crippen molar-refractivity contribution in [2.75, 3.05) is 6.54 Å². The summed E-state index contributed by atoms with van der Waals surface area (Å²) < 4.78 is 0. The Morgan fingerprint density at radius 2 is 2.00 bits per heavy atom. The van der Waals surface area contributed by atoms with Gasteiger partial charge >= 0.3 is 0 Å². The summed E-state index contributed by atoms with van der Waals surface area (Å²) in [4.78, 5) is 14.1. The maximum atomic E-state index is 12.3. The van der Waals surface area contributed by atoms with E-state index in [0.717, 1.165) is 5.56 Å². The minimum Gasteiger partial charge on any atom is -0.334 e. The maximum absolute atomic E-state index is 12.3. The molecule has 0 saturated carbocycles. The van der Waals surface area contributed by atoms with Crippen molar-refractivity contribution in [3.8, 4) is 0 Å². The average Bonchev–Trinajstić information content (AvgIpc) is 2.37. The third-order valence-corrected chi connectivity index (χ3v) is 3.06. The molecule has 0 aliphatic heterocycles. The first kappa shape index (κ1) is 14.5. The van der Waals surface area contributed by atoms with E-state index in [-0.39, 0.29) is 17.9 Å². The lowest BCUT2D eigenvalue weighted by Crippen LogP contribution is -2.41. The van der Waals surface area contributed by atoms with Crippen molar-refractivity contribution in [2.45, 2.75) is 26.4 Å². The van der Waals surface area contributed by atoms with Crippen LogP contribution in [-0.2, 0) is 11.3 Å². The van der Waals surface area contributed by atoms with Gasteiger partial charge in [-0.3, -0.25) is 4.79 Å². The molecule has 1 rings (SSSR count). The van der Waals surface area contributed by atoms with Crippen LogP contribution >= 0.6 is 0 Å². The summed E-state index contributed by atoms with van der Waals surface area (Å²) in [6.07, 6.45) is 1.74. The van der Waals surface area contributed by atoms with Gasteiger partial charge in [-0.15, -0.1) is 6.58 Å². The molecule has 3 heteroatoms. The van der Waals surface area contributed by atoms with Crippen molar-refractivity contribution < 1.29 is 4.79 Å². The summed E-state index contributed by atoms with van der Waals surface area (Å²) in [6.45, 7) is 8.58. The molecular formula is C15H22N2O. The van der Waals surface area contributed by atoms with Crippen molar-refractivity contribution in [3.05, 3.63) is 48.6 Å². The van der Waals surface area contributed by atoms with E-state index in [1.165, 1.54) is 0 Å². The molecule has 0 aliphatic rings. The van der Waals surface area contributed by atoms with Crippen LogP contribution in [0.15, 0.2) is 43.0 Å². The molecule has 0 saturated heterocycles. The molecule has 0 heterocycles. The minimum absolute atomic E-state index is 0.0775. The van der Waals surface area contributed by atoms with E-state index in [2.05, 4.69) is 6.58 Å². The number of carbonyl (C=O) groups excluding carboxylic acids is 1. The van der Waals surface area contributed by atoms with Gasteiger partial charge in [0.2, 0.25) is 5.91 Å². The number of hydrogen-bond acceptors (Lipinski definition) is 2. The van der Waals surface area contributed by atoms with Crippen molar-refractivity contribution in [1.29, 1.82) is 0 Å². The fourth-order valence-electron chi connectivity index (χ4n) is 1.70. The third-order valence-electron chi connectivity index (χ3n) is 3.06. The van der Waals surface area contributed by atoms with Crippen LogP contribution in [0.3, 0.4) is 0 Å². The Bertz CT molecular complexity index is 387. The summed E-state index contributed by atoms with van der Waals surface area (Å²) in [6, 6.07) is 9.80. The van der Waals surface area contributed by atoms with Gasteiger partial charge < -0.3 is 10.6 Å². The number of rotatable bonds is 6. The molecule has 0 bridgehead atoms. The van der Waals surface area contributed by atoms with Crippen molar-refractivity contribution in [3.63, 3.8) is 0 Å². The highest BCUT2D eigenvalue weighted by molar-refractivity contribution is 5.79. The summed E-state index contributed by atoms with van der Waals surface area (Å²) in [5.41, 5.74) is 6.91. The second-order valence-corrected chi connectivity index (χ2v) is 4.64. The van der Waals surface area contributed by atoms with Crippen LogP contribution in [0.25, 0.3) is 0 Å². The molecule has 98 valence electrons. The normalized spacial score (nSPS) is 13.7. The highest BCUT2D eigenvalue weighted by atomic mass is 16.2. The Morgan fingerprint density at radius 3 is 2.50 bits per heavy atom. The zero-order chi connectivity index (χ0) is 13.5. The lowest BCUT2D eigenvalue weighted by molar-refractivity contribution is -0.135. The van der Waals surface area contributed by atoms with Gasteiger partial charge in [0.1, 0.15) is 0 Å². The van der Waals surface area contributed by atoms with Crippen LogP contribution < -0.4 is 5.73 Å². The first-order valence-corrected chi connectivity index (χ1v) is 6.25. The molecule has 1 aromatic rings. The SMILES string of the molecule is C=CCN(Cc1ccccc1)C(=O)C(C)C(C)N. The molecule has 0 spiro atoms. The van der Waals surface area contributed by atoms with Crippen LogP contribution in [0.1, 0.15) is 19.4 Å². The van der Waals surface area contributed by atoms with Crippen molar-refractivity contribution >= 4 is 5.91 Å². The predicted molar refractivity (Wildman–Crippen MR) is 74.9 cm³/mol. The fraction of sp³-hybridized carbons (Fsp3) is 0.400. The smallest absolute Gasteiger partial charge is 0.227 e. The lowest BCUT2D eigenvalue weighted by atomic mass is 10.0. The van der Waals surface area contributed by atoms with E-state index in [0.29, 0.717) is 13.1 Å². The summed E-state index contributed by atoms with van der Waals surface area (Å²) in [5.74, 6) is -0.0950. The monoisotopic (exact) mass is 246 g/mol. The van der Waals surface area contributed by atoms with Gasteiger partial charge in [0.05, 0.1) is 5.92 Å². The summed E-state index contributed by atoms with van der Waals surface area (Å²) >= 11 is 0. The Labute approximate surface area is 109 Å². The van der Waals surface area contributed by atoms with Crippen molar-refractivity contribution in [1.82, 2.24) is 4.90 Å². The van der Waals surface area contributed by atoms with E-state index in [4.69, 9.17) is 5.73 Å². The number of nitrogens with two attached hydrogens (primary N) is 1. The molecule has 0 fully saturated rings. The van der Waals surface area contributed by atoms with Gasteiger partial charge in [0.15, 0.2) is 0 Å². The summed E-state index contributed by atoms with van der Waals surface area (Å²) in [5, 5.41) is 0. The Morgan fingerprint density at radius 1 is 1.39 bits per heavy atom. The van der Waals surface area contributed by atoms with Crippen LogP contribution in [0.2, 0.25) is 0 Å². The molecule has 0 aromatic heterocycles. The standard InChI is InChI=1S/C15H22N2O/c1-4-10-17(15(18)12(2)13(3)16)11-14-8-6-5-7-9-14/h4-9,12-13H,1,10-11,16H2,2-3H3. The van der Waals surface area contributed by atoms with E-state index < -0.39 is 0 Å². The second kappa shape index (κ2) is 6.97. The first-order chi connectivity index (χ1) is 8.56. The van der Waals surface area contributed by atoms with Crippen LogP contribution in [0, 0.1) is 5.92 Å². The minimum atomic E-state index is -0.173. The van der Waals surface area contributed by atoms with E-state index in [1.54, 1.807) is 11.0 Å². The Hall–Kier alpha value is -1.61. The molecule has 3 nitrogen and oxygen atoms in total. The largest absolute Gasteiger partial charge is 0.334 e. The molecule has 18 heavy (non-hydrogen) atoms. The molecule has 2 unspecified atom stereocenters. The zero-order valence-electron chi connectivity index (χ0n) is 11.2. The topological polar surface area (TPSA) is 46.3 Å². The number of carbonyl (C=O) groups is 1. The summed E-state index contributed by atoms with van der Waals surface area (Å²) in [7, 11) is 0. The van der Waals surface area contributed by atoms with E-state index >= 15 is 0 Å². The quantitative estimate of drug-likeness (QED) is 0.782. The Kier molecular flexibility index (Phi) is 5.59. The average molecular weight is 246 g/mol. The molecule has 1 aromatic carbocycles. The van der Waals surface area contributed by atoms with Gasteiger partial charge in [0, 0.05) is 19.1 Å². The number of nitrogens with zero attached hydrogens (tertiary/aromatic N) is 1. The predicted octanol–water partition coefficient (Wildman–Crippen LogP) is 2.18. The third kappa shape index (κ3) is 4.00. The van der Waals surface area contributed by atoms with E-state index in [9.17, 15) is 4.79 Å². The van der Waals surface area contributed by atoms with Gasteiger partial charge in [-0.05, 0) is 12.5 Å². The lowest BCUT2D eigenvalue weighted by Gasteiger charge is -2.26. The molecule has 2 atom stereocenters. The number of benzene rings is 1. The Balaban J connectivity index is 2.76. The highest BCUT2D eigenvalue weighted by Crippen LogP contribution is 2.11. The molecular weight excluding hydrogens is 224 g/mol. The van der Waals surface area contributed by atoms with Gasteiger partial charge in [-0.1, -0.05) is 43.3 Å². The second-order valence-electron chi connectivity index (χ2n) is 4.64.